The van der Waals surface area contributed by atoms with Gasteiger partial charge in [-0.3, -0.25) is 14.4 Å². The van der Waals surface area contributed by atoms with E-state index < -0.39 is 0 Å². The van der Waals surface area contributed by atoms with Gasteiger partial charge in [-0.15, -0.1) is 0 Å². The average Bonchev–Trinajstić information content (AvgIpc) is 2.96. The SMILES string of the molecule is CCCc1cc(C(=O)N(C)CCN(C)C(=O)c2ccc(C)n2C)cc(=O)[nH]1. The lowest BCUT2D eigenvalue weighted by molar-refractivity contribution is 0.0713. The number of aromatic amines is 1. The summed E-state index contributed by atoms with van der Waals surface area (Å²) in [5, 5.41) is 0. The number of amides is 2. The van der Waals surface area contributed by atoms with Crippen molar-refractivity contribution in [3.8, 4) is 0 Å². The number of likely N-dealkylation sites (N-methyl/N-ethyl adjacent to an activating group) is 2. The van der Waals surface area contributed by atoms with E-state index in [0.29, 0.717) is 30.8 Å². The molecule has 0 saturated carbocycles. The van der Waals surface area contributed by atoms with Crippen LogP contribution in [0.25, 0.3) is 0 Å². The molecule has 0 radical (unpaired) electrons. The van der Waals surface area contributed by atoms with Crippen LogP contribution in [0.5, 0.6) is 0 Å². The Morgan fingerprint density at radius 2 is 1.70 bits per heavy atom. The Kier molecular flexibility index (Phi) is 6.60. The fourth-order valence-electron chi connectivity index (χ4n) is 2.88. The van der Waals surface area contributed by atoms with Gasteiger partial charge in [0.15, 0.2) is 0 Å². The maximum atomic E-state index is 12.6. The molecule has 0 fully saturated rings. The molecule has 146 valence electrons. The maximum Gasteiger partial charge on any atom is 0.270 e. The Labute approximate surface area is 159 Å². The van der Waals surface area contributed by atoms with Gasteiger partial charge in [-0.25, -0.2) is 0 Å². The molecule has 7 nitrogen and oxygen atoms in total. The molecular formula is C20H28N4O3. The largest absolute Gasteiger partial charge is 0.344 e. The zero-order valence-corrected chi connectivity index (χ0v) is 16.7. The van der Waals surface area contributed by atoms with Crippen LogP contribution in [0.15, 0.2) is 29.1 Å². The maximum absolute atomic E-state index is 12.6. The van der Waals surface area contributed by atoms with Crippen molar-refractivity contribution in [2.45, 2.75) is 26.7 Å². The van der Waals surface area contributed by atoms with Crippen LogP contribution in [0.4, 0.5) is 0 Å². The second kappa shape index (κ2) is 8.70. The van der Waals surface area contributed by atoms with E-state index in [0.717, 1.165) is 17.8 Å². The van der Waals surface area contributed by atoms with Gasteiger partial charge in [0.2, 0.25) is 5.56 Å². The minimum atomic E-state index is -0.274. The van der Waals surface area contributed by atoms with Gasteiger partial charge >= 0.3 is 0 Å². The molecule has 2 aromatic rings. The number of carbonyl (C=O) groups excluding carboxylic acids is 2. The van der Waals surface area contributed by atoms with E-state index in [1.165, 1.54) is 11.0 Å². The van der Waals surface area contributed by atoms with Crippen LogP contribution in [0.2, 0.25) is 0 Å². The van der Waals surface area contributed by atoms with E-state index in [1.54, 1.807) is 31.1 Å². The quantitative estimate of drug-likeness (QED) is 0.805. The minimum Gasteiger partial charge on any atom is -0.344 e. The van der Waals surface area contributed by atoms with Crippen LogP contribution in [0, 0.1) is 6.92 Å². The summed E-state index contributed by atoms with van der Waals surface area (Å²) in [6.45, 7) is 4.73. The zero-order chi connectivity index (χ0) is 20.1. The van der Waals surface area contributed by atoms with E-state index >= 15 is 0 Å². The molecule has 2 aromatic heterocycles. The van der Waals surface area contributed by atoms with Crippen molar-refractivity contribution in [2.24, 2.45) is 7.05 Å². The van der Waals surface area contributed by atoms with Crippen LogP contribution in [-0.2, 0) is 13.5 Å². The van der Waals surface area contributed by atoms with E-state index in [9.17, 15) is 14.4 Å². The standard InChI is InChI=1S/C20H28N4O3/c1-6-7-16-12-15(13-18(25)21-16)19(26)22(3)10-11-23(4)20(27)17-9-8-14(2)24(17)5/h8-9,12-13H,6-7,10-11H2,1-5H3,(H,21,25). The molecule has 0 aliphatic heterocycles. The molecule has 2 amide bonds. The Balaban J connectivity index is 2.01. The summed E-state index contributed by atoms with van der Waals surface area (Å²) in [6, 6.07) is 6.75. The van der Waals surface area contributed by atoms with Gasteiger partial charge in [-0.1, -0.05) is 13.3 Å². The van der Waals surface area contributed by atoms with E-state index in [4.69, 9.17) is 0 Å². The fraction of sp³-hybridized carbons (Fsp3) is 0.450. The number of nitrogens with one attached hydrogen (secondary N) is 1. The lowest BCUT2D eigenvalue weighted by atomic mass is 10.1. The number of aryl methyl sites for hydroxylation is 2. The smallest absolute Gasteiger partial charge is 0.270 e. The molecule has 0 saturated heterocycles. The molecule has 0 bridgehead atoms. The lowest BCUT2D eigenvalue weighted by Crippen LogP contribution is -2.38. The predicted octanol–water partition coefficient (Wildman–Crippen LogP) is 1.82. The molecule has 0 spiro atoms. The molecule has 7 heteroatoms. The van der Waals surface area contributed by atoms with Crippen molar-refractivity contribution in [1.82, 2.24) is 19.4 Å². The number of nitrogens with zero attached hydrogens (tertiary/aromatic N) is 3. The topological polar surface area (TPSA) is 78.4 Å². The van der Waals surface area contributed by atoms with Crippen LogP contribution >= 0.6 is 0 Å². The highest BCUT2D eigenvalue weighted by atomic mass is 16.2. The number of carbonyl (C=O) groups is 2. The summed E-state index contributed by atoms with van der Waals surface area (Å²) in [7, 11) is 5.25. The van der Waals surface area contributed by atoms with Gasteiger partial charge in [0.25, 0.3) is 11.8 Å². The molecule has 2 rings (SSSR count). The first-order valence-electron chi connectivity index (χ1n) is 9.11. The molecular weight excluding hydrogens is 344 g/mol. The monoisotopic (exact) mass is 372 g/mol. The Hall–Kier alpha value is -2.83. The summed E-state index contributed by atoms with van der Waals surface area (Å²) in [4.78, 5) is 42.8. The van der Waals surface area contributed by atoms with Gasteiger partial charge in [0.05, 0.1) is 0 Å². The zero-order valence-electron chi connectivity index (χ0n) is 16.7. The molecule has 0 aromatic carbocycles. The Bertz CT molecular complexity index is 882. The first-order valence-corrected chi connectivity index (χ1v) is 9.11. The van der Waals surface area contributed by atoms with Gasteiger partial charge < -0.3 is 19.4 Å². The number of H-pyrrole nitrogens is 1. The van der Waals surface area contributed by atoms with E-state index in [-0.39, 0.29) is 17.4 Å². The van der Waals surface area contributed by atoms with E-state index in [1.807, 2.05) is 31.5 Å². The number of aromatic nitrogens is 2. The molecule has 27 heavy (non-hydrogen) atoms. The second-order valence-electron chi connectivity index (χ2n) is 6.88. The third-order valence-corrected chi connectivity index (χ3v) is 4.72. The highest BCUT2D eigenvalue weighted by Gasteiger charge is 2.18. The van der Waals surface area contributed by atoms with Gasteiger partial charge in [0.1, 0.15) is 5.69 Å². The first kappa shape index (κ1) is 20.5. The highest BCUT2D eigenvalue weighted by molar-refractivity contribution is 5.94. The summed E-state index contributed by atoms with van der Waals surface area (Å²) in [5.41, 5.74) is 2.48. The molecule has 0 aliphatic carbocycles. The van der Waals surface area contributed by atoms with Gasteiger partial charge in [-0.05, 0) is 31.5 Å². The summed E-state index contributed by atoms with van der Waals surface area (Å²) in [6.07, 6.45) is 1.60. The second-order valence-corrected chi connectivity index (χ2v) is 6.88. The number of rotatable bonds is 7. The summed E-state index contributed by atoms with van der Waals surface area (Å²) < 4.78 is 1.85. The molecule has 0 aliphatic rings. The van der Waals surface area contributed by atoms with Gasteiger partial charge in [0, 0.05) is 57.3 Å². The minimum absolute atomic E-state index is 0.0900. The number of hydrogen-bond donors (Lipinski definition) is 1. The summed E-state index contributed by atoms with van der Waals surface area (Å²) >= 11 is 0. The van der Waals surface area contributed by atoms with Crippen LogP contribution in [0.3, 0.4) is 0 Å². The highest BCUT2D eigenvalue weighted by Crippen LogP contribution is 2.09. The van der Waals surface area contributed by atoms with Crippen molar-refractivity contribution >= 4 is 11.8 Å². The van der Waals surface area contributed by atoms with Crippen LogP contribution in [0.1, 0.15) is 45.6 Å². The molecule has 2 heterocycles. The number of hydrogen-bond acceptors (Lipinski definition) is 3. The third kappa shape index (κ3) is 4.87. The fourth-order valence-corrected chi connectivity index (χ4v) is 2.88. The lowest BCUT2D eigenvalue weighted by Gasteiger charge is -2.23. The number of pyridine rings is 1. The van der Waals surface area contributed by atoms with Crippen molar-refractivity contribution < 1.29 is 9.59 Å². The van der Waals surface area contributed by atoms with Gasteiger partial charge in [-0.2, -0.15) is 0 Å². The van der Waals surface area contributed by atoms with Crippen molar-refractivity contribution in [1.29, 1.82) is 0 Å². The normalized spacial score (nSPS) is 10.7. The van der Waals surface area contributed by atoms with Crippen LogP contribution in [-0.4, -0.2) is 58.4 Å². The third-order valence-electron chi connectivity index (χ3n) is 4.72. The predicted molar refractivity (Wildman–Crippen MR) is 105 cm³/mol. The van der Waals surface area contributed by atoms with Crippen molar-refractivity contribution in [2.75, 3.05) is 27.2 Å². The molecule has 0 unspecified atom stereocenters. The van der Waals surface area contributed by atoms with Crippen LogP contribution < -0.4 is 5.56 Å². The first-order chi connectivity index (χ1) is 12.7. The Morgan fingerprint density at radius 1 is 1.07 bits per heavy atom. The molecule has 1 N–H and O–H groups in total. The average molecular weight is 372 g/mol. The van der Waals surface area contributed by atoms with Crippen molar-refractivity contribution in [3.05, 3.63) is 57.3 Å². The van der Waals surface area contributed by atoms with Crippen molar-refractivity contribution in [3.63, 3.8) is 0 Å². The Morgan fingerprint density at radius 3 is 2.26 bits per heavy atom. The summed E-state index contributed by atoms with van der Waals surface area (Å²) in [5.74, 6) is -0.318. The van der Waals surface area contributed by atoms with E-state index in [2.05, 4.69) is 4.98 Å². The molecule has 0 atom stereocenters.